The van der Waals surface area contributed by atoms with Crippen molar-refractivity contribution < 1.29 is 18.4 Å². The average molecular weight is 389 g/mol. The molecule has 0 aliphatic carbocycles. The zero-order valence-corrected chi connectivity index (χ0v) is 15.7. The minimum atomic E-state index is -0.820. The van der Waals surface area contributed by atoms with Gasteiger partial charge in [-0.25, -0.2) is 18.3 Å². The van der Waals surface area contributed by atoms with Gasteiger partial charge in [0.25, 0.3) is 0 Å². The van der Waals surface area contributed by atoms with Crippen LogP contribution in [-0.4, -0.2) is 46.8 Å². The molecule has 0 bridgehead atoms. The van der Waals surface area contributed by atoms with E-state index in [0.717, 1.165) is 23.6 Å². The first kappa shape index (κ1) is 18.4. The molecule has 2 aliphatic heterocycles. The van der Waals surface area contributed by atoms with Crippen LogP contribution in [0.25, 0.3) is 0 Å². The standard InChI is InChI=1S/C19H21F2N5O2/c1-12-9-16-24(2)17(27)11-19(26(16)23-12)5-7-25(8-6-19)18(28)22-15-4-3-13(20)10-14(15)21/h3-4,9-10H,5-8,11H2,1-2H3,(H,22,28). The van der Waals surface area contributed by atoms with Crippen molar-refractivity contribution in [1.29, 1.82) is 0 Å². The second-order valence-corrected chi connectivity index (χ2v) is 7.45. The normalized spacial score (nSPS) is 18.4. The number of likely N-dealkylation sites (tertiary alicyclic amines) is 1. The van der Waals surface area contributed by atoms with Gasteiger partial charge in [-0.15, -0.1) is 0 Å². The van der Waals surface area contributed by atoms with Crippen LogP contribution in [0, 0.1) is 18.6 Å². The van der Waals surface area contributed by atoms with Gasteiger partial charge in [0.15, 0.2) is 0 Å². The molecule has 0 radical (unpaired) electrons. The highest BCUT2D eigenvalue weighted by atomic mass is 19.1. The number of aromatic nitrogens is 2. The molecule has 1 saturated heterocycles. The number of nitrogens with one attached hydrogen (secondary N) is 1. The van der Waals surface area contributed by atoms with E-state index in [0.29, 0.717) is 32.4 Å². The molecule has 9 heteroatoms. The SMILES string of the molecule is Cc1cc2n(n1)C1(CCN(C(=O)Nc3ccc(F)cc3F)CC1)CC(=O)N2C. The molecule has 0 saturated carbocycles. The Kier molecular flexibility index (Phi) is 4.32. The van der Waals surface area contributed by atoms with Crippen LogP contribution in [0.15, 0.2) is 24.3 Å². The van der Waals surface area contributed by atoms with Crippen LogP contribution in [0.5, 0.6) is 0 Å². The Morgan fingerprint density at radius 2 is 1.93 bits per heavy atom. The molecule has 2 aromatic rings. The van der Waals surface area contributed by atoms with E-state index in [1.165, 1.54) is 6.07 Å². The first-order valence-electron chi connectivity index (χ1n) is 9.14. The number of urea groups is 1. The Balaban J connectivity index is 1.49. The van der Waals surface area contributed by atoms with E-state index < -0.39 is 23.2 Å². The average Bonchev–Trinajstić information content (AvgIpc) is 3.06. The van der Waals surface area contributed by atoms with E-state index in [9.17, 15) is 18.4 Å². The monoisotopic (exact) mass is 389 g/mol. The summed E-state index contributed by atoms with van der Waals surface area (Å²) in [5, 5.41) is 7.07. The number of anilines is 2. The number of nitrogens with zero attached hydrogens (tertiary/aromatic N) is 4. The molecule has 1 fully saturated rings. The summed E-state index contributed by atoms with van der Waals surface area (Å²) < 4.78 is 28.7. The molecular weight excluding hydrogens is 368 g/mol. The number of rotatable bonds is 1. The smallest absolute Gasteiger partial charge is 0.321 e. The van der Waals surface area contributed by atoms with Gasteiger partial charge in [0.05, 0.1) is 23.3 Å². The molecule has 4 rings (SSSR count). The zero-order chi connectivity index (χ0) is 20.1. The Morgan fingerprint density at radius 3 is 2.61 bits per heavy atom. The summed E-state index contributed by atoms with van der Waals surface area (Å²) >= 11 is 0. The number of halogens is 2. The summed E-state index contributed by atoms with van der Waals surface area (Å²) in [6, 6.07) is 4.45. The predicted molar refractivity (Wildman–Crippen MR) is 99.1 cm³/mol. The summed E-state index contributed by atoms with van der Waals surface area (Å²) in [5.41, 5.74) is 0.319. The molecule has 28 heavy (non-hydrogen) atoms. The maximum Gasteiger partial charge on any atom is 0.321 e. The molecule has 0 atom stereocenters. The minimum Gasteiger partial charge on any atom is -0.324 e. The summed E-state index contributed by atoms with van der Waals surface area (Å²) in [7, 11) is 1.74. The Labute approximate surface area is 160 Å². The lowest BCUT2D eigenvalue weighted by Gasteiger charge is -2.45. The zero-order valence-electron chi connectivity index (χ0n) is 15.7. The van der Waals surface area contributed by atoms with Crippen LogP contribution in [0.4, 0.5) is 25.1 Å². The van der Waals surface area contributed by atoms with E-state index >= 15 is 0 Å². The Morgan fingerprint density at radius 1 is 1.21 bits per heavy atom. The predicted octanol–water partition coefficient (Wildman–Crippen LogP) is 2.86. The van der Waals surface area contributed by atoms with E-state index in [-0.39, 0.29) is 11.6 Å². The molecular formula is C19H21F2N5O2. The summed E-state index contributed by atoms with van der Waals surface area (Å²) in [6.07, 6.45) is 1.47. The number of hydrogen-bond acceptors (Lipinski definition) is 3. The molecule has 1 aromatic carbocycles. The third kappa shape index (κ3) is 3.00. The van der Waals surface area contributed by atoms with E-state index in [4.69, 9.17) is 0 Å². The lowest BCUT2D eigenvalue weighted by molar-refractivity contribution is -0.122. The van der Waals surface area contributed by atoms with Crippen LogP contribution in [0.3, 0.4) is 0 Å². The topological polar surface area (TPSA) is 70.5 Å². The molecule has 3 heterocycles. The van der Waals surface area contributed by atoms with Crippen molar-refractivity contribution in [3.05, 3.63) is 41.6 Å². The van der Waals surface area contributed by atoms with Gasteiger partial charge in [-0.3, -0.25) is 4.79 Å². The second kappa shape index (κ2) is 6.57. The van der Waals surface area contributed by atoms with Crippen LogP contribution in [-0.2, 0) is 10.3 Å². The molecule has 1 spiro atoms. The highest BCUT2D eigenvalue weighted by molar-refractivity contribution is 5.94. The number of piperidine rings is 1. The van der Waals surface area contributed by atoms with Gasteiger partial charge in [0, 0.05) is 32.3 Å². The maximum absolute atomic E-state index is 13.8. The summed E-state index contributed by atoms with van der Waals surface area (Å²) in [5.74, 6) is -0.731. The first-order chi connectivity index (χ1) is 13.3. The van der Waals surface area contributed by atoms with Crippen LogP contribution < -0.4 is 10.2 Å². The molecule has 3 amide bonds. The van der Waals surface area contributed by atoms with Crippen molar-refractivity contribution in [3.63, 3.8) is 0 Å². The van der Waals surface area contributed by atoms with Crippen molar-refractivity contribution in [2.24, 2.45) is 0 Å². The Bertz CT molecular complexity index is 950. The molecule has 148 valence electrons. The second-order valence-electron chi connectivity index (χ2n) is 7.45. The van der Waals surface area contributed by atoms with Crippen molar-refractivity contribution in [1.82, 2.24) is 14.7 Å². The van der Waals surface area contributed by atoms with Crippen molar-refractivity contribution in [3.8, 4) is 0 Å². The number of hydrogen-bond donors (Lipinski definition) is 1. The number of aryl methyl sites for hydroxylation is 1. The fourth-order valence-corrected chi connectivity index (χ4v) is 3.98. The molecule has 0 unspecified atom stereocenters. The number of carbonyl (C=O) groups excluding carboxylic acids is 2. The number of carbonyl (C=O) groups is 2. The van der Waals surface area contributed by atoms with Gasteiger partial charge < -0.3 is 15.1 Å². The van der Waals surface area contributed by atoms with E-state index in [2.05, 4.69) is 10.4 Å². The van der Waals surface area contributed by atoms with Gasteiger partial charge in [-0.05, 0) is 31.9 Å². The quantitative estimate of drug-likeness (QED) is 0.815. The number of amides is 3. The molecule has 7 nitrogen and oxygen atoms in total. The maximum atomic E-state index is 13.8. The Hall–Kier alpha value is -2.97. The van der Waals surface area contributed by atoms with Gasteiger partial charge in [0.1, 0.15) is 17.5 Å². The minimum absolute atomic E-state index is 0.0266. The largest absolute Gasteiger partial charge is 0.324 e. The van der Waals surface area contributed by atoms with Crippen molar-refractivity contribution >= 4 is 23.4 Å². The summed E-state index contributed by atoms with van der Waals surface area (Å²) in [6.45, 7) is 2.70. The van der Waals surface area contributed by atoms with Crippen LogP contribution in [0.1, 0.15) is 25.0 Å². The first-order valence-corrected chi connectivity index (χ1v) is 9.14. The molecule has 2 aliphatic rings. The van der Waals surface area contributed by atoms with Crippen LogP contribution >= 0.6 is 0 Å². The number of fused-ring (bicyclic) bond motifs is 2. The summed E-state index contributed by atoms with van der Waals surface area (Å²) in [4.78, 5) is 28.2. The molecule has 1 N–H and O–H groups in total. The third-order valence-electron chi connectivity index (χ3n) is 5.61. The van der Waals surface area contributed by atoms with Gasteiger partial charge in [-0.2, -0.15) is 5.10 Å². The molecule has 1 aromatic heterocycles. The van der Waals surface area contributed by atoms with Gasteiger partial charge in [-0.1, -0.05) is 0 Å². The van der Waals surface area contributed by atoms with Gasteiger partial charge >= 0.3 is 6.03 Å². The lowest BCUT2D eigenvalue weighted by atomic mass is 9.83. The van der Waals surface area contributed by atoms with Crippen molar-refractivity contribution in [2.75, 3.05) is 30.4 Å². The fraction of sp³-hybridized carbons (Fsp3) is 0.421. The van der Waals surface area contributed by atoms with Gasteiger partial charge in [0.2, 0.25) is 5.91 Å². The fourth-order valence-electron chi connectivity index (χ4n) is 3.98. The van der Waals surface area contributed by atoms with Crippen molar-refractivity contribution in [2.45, 2.75) is 31.7 Å². The highest BCUT2D eigenvalue weighted by Crippen LogP contribution is 2.41. The van der Waals surface area contributed by atoms with E-state index in [1.807, 2.05) is 17.7 Å². The van der Waals surface area contributed by atoms with Crippen LogP contribution in [0.2, 0.25) is 0 Å². The lowest BCUT2D eigenvalue weighted by Crippen LogP contribution is -2.54. The van der Waals surface area contributed by atoms with E-state index in [1.54, 1.807) is 16.8 Å². The number of benzene rings is 1. The third-order valence-corrected chi connectivity index (χ3v) is 5.61. The highest BCUT2D eigenvalue weighted by Gasteiger charge is 2.45.